The predicted molar refractivity (Wildman–Crippen MR) is 166 cm³/mol. The number of halogens is 3. The van der Waals surface area contributed by atoms with Gasteiger partial charge in [0.15, 0.2) is 0 Å². The molecule has 2 aliphatic rings. The third-order valence-electron chi connectivity index (χ3n) is 7.78. The lowest BCUT2D eigenvalue weighted by molar-refractivity contribution is -0.192. The van der Waals surface area contributed by atoms with Crippen molar-refractivity contribution in [2.75, 3.05) is 30.3 Å². The van der Waals surface area contributed by atoms with Crippen molar-refractivity contribution in [3.63, 3.8) is 0 Å². The van der Waals surface area contributed by atoms with Gasteiger partial charge in [0, 0.05) is 30.6 Å². The minimum absolute atomic E-state index is 0.00982. The molecule has 0 bridgehead atoms. The van der Waals surface area contributed by atoms with E-state index in [1.165, 1.54) is 4.90 Å². The summed E-state index contributed by atoms with van der Waals surface area (Å²) in [6.07, 6.45) is -3.43. The van der Waals surface area contributed by atoms with Crippen LogP contribution < -0.4 is 26.0 Å². The summed E-state index contributed by atoms with van der Waals surface area (Å²) in [5, 5.41) is 12.7. The number of ether oxygens (including phenoxy) is 2. The zero-order chi connectivity index (χ0) is 36.7. The molecule has 2 aliphatic heterocycles. The van der Waals surface area contributed by atoms with Gasteiger partial charge in [-0.2, -0.15) is 18.2 Å². The third-order valence-corrected chi connectivity index (χ3v) is 7.78. The maximum atomic E-state index is 13.3. The second-order valence-corrected chi connectivity index (χ2v) is 11.7. The number of aliphatic carboxylic acids is 1. The Balaban J connectivity index is 0.000000838. The molecule has 1 aromatic heterocycles. The molecule has 2 unspecified atom stereocenters. The molecule has 0 radical (unpaired) electrons. The summed E-state index contributed by atoms with van der Waals surface area (Å²) in [7, 11) is 0. The Labute approximate surface area is 278 Å². The van der Waals surface area contributed by atoms with E-state index in [4.69, 9.17) is 25.1 Å². The lowest BCUT2D eigenvalue weighted by Crippen LogP contribution is -2.49. The minimum atomic E-state index is -5.08. The third kappa shape index (κ3) is 8.87. The zero-order valence-electron chi connectivity index (χ0n) is 27.1. The van der Waals surface area contributed by atoms with Crippen LogP contribution in [0.1, 0.15) is 55.2 Å². The first-order valence-electron chi connectivity index (χ1n) is 15.1. The molecule has 4 rings (SSSR count). The number of nitrogen functional groups attached to an aromatic ring is 1. The number of nitrogens with two attached hydrogens (primary N) is 1. The van der Waals surface area contributed by atoms with E-state index in [1.54, 1.807) is 45.9 Å². The van der Waals surface area contributed by atoms with Crippen molar-refractivity contribution in [2.24, 2.45) is 5.92 Å². The molecule has 2 aromatic rings. The van der Waals surface area contributed by atoms with E-state index < -0.39 is 47.1 Å². The van der Waals surface area contributed by atoms with E-state index in [2.05, 4.69) is 20.6 Å². The van der Waals surface area contributed by atoms with Gasteiger partial charge in [-0.05, 0) is 51.3 Å². The van der Waals surface area contributed by atoms with E-state index in [0.717, 1.165) is 5.56 Å². The number of alkyl halides is 3. The molecular weight excluding hydrogens is 657 g/mol. The highest BCUT2D eigenvalue weighted by Gasteiger charge is 2.75. The van der Waals surface area contributed by atoms with Gasteiger partial charge in [-0.15, -0.1) is 0 Å². The Kier molecular flexibility index (Phi) is 12.0. The monoisotopic (exact) mass is 694 g/mol. The van der Waals surface area contributed by atoms with Crippen molar-refractivity contribution in [2.45, 2.75) is 70.3 Å². The van der Waals surface area contributed by atoms with Gasteiger partial charge in [0.2, 0.25) is 17.7 Å². The quantitative estimate of drug-likeness (QED) is 0.101. The maximum Gasteiger partial charge on any atom is 0.490 e. The molecule has 18 heteroatoms. The molecule has 1 aromatic carbocycles. The highest BCUT2D eigenvalue weighted by atomic mass is 19.4. The fraction of sp³-hybridized carbons (Fsp3) is 0.484. The molecule has 15 nitrogen and oxygen atoms in total. The summed E-state index contributed by atoms with van der Waals surface area (Å²) < 4.78 is 42.9. The summed E-state index contributed by atoms with van der Waals surface area (Å²) >= 11 is 0. The normalized spacial score (nSPS) is 20.5. The first-order chi connectivity index (χ1) is 22.9. The van der Waals surface area contributed by atoms with E-state index in [1.807, 2.05) is 6.07 Å². The van der Waals surface area contributed by atoms with Gasteiger partial charge in [0.25, 0.3) is 5.91 Å². The summed E-state index contributed by atoms with van der Waals surface area (Å²) in [5.41, 5.74) is 4.98. The van der Waals surface area contributed by atoms with Crippen LogP contribution in [0.25, 0.3) is 0 Å². The second kappa shape index (κ2) is 15.4. The van der Waals surface area contributed by atoms with Gasteiger partial charge in [-0.1, -0.05) is 13.0 Å². The van der Waals surface area contributed by atoms with Gasteiger partial charge >= 0.3 is 18.1 Å². The molecule has 1 saturated heterocycles. The largest absolute Gasteiger partial charge is 0.490 e. The van der Waals surface area contributed by atoms with Crippen molar-refractivity contribution < 1.29 is 56.5 Å². The number of aromatic nitrogens is 2. The summed E-state index contributed by atoms with van der Waals surface area (Å²) in [4.78, 5) is 81.4. The first-order valence-corrected chi connectivity index (χ1v) is 15.1. The Hall–Kier alpha value is -5.13. The second-order valence-electron chi connectivity index (χ2n) is 11.7. The molecule has 3 heterocycles. The smallest absolute Gasteiger partial charge is 0.478 e. The van der Waals surface area contributed by atoms with Crippen LogP contribution in [-0.4, -0.2) is 94.5 Å². The molecule has 49 heavy (non-hydrogen) atoms. The lowest BCUT2D eigenvalue weighted by Gasteiger charge is -2.30. The molecule has 2 amide bonds. The van der Waals surface area contributed by atoms with Gasteiger partial charge in [0.1, 0.15) is 23.7 Å². The van der Waals surface area contributed by atoms with E-state index in [9.17, 15) is 37.1 Å². The number of carbonyl (C=O) groups is 6. The number of aryl methyl sites for hydroxylation is 2. The number of amides is 2. The fourth-order valence-electron chi connectivity index (χ4n) is 5.48. The molecular formula is C31H37F3N6O9. The van der Waals surface area contributed by atoms with Gasteiger partial charge in [-0.25, -0.2) is 14.6 Å². The van der Waals surface area contributed by atoms with Crippen molar-refractivity contribution in [1.82, 2.24) is 20.6 Å². The van der Waals surface area contributed by atoms with Crippen LogP contribution in [0.3, 0.4) is 0 Å². The molecule has 1 fully saturated rings. The average molecular weight is 695 g/mol. The summed E-state index contributed by atoms with van der Waals surface area (Å²) in [5.74, 6) is -4.35. The van der Waals surface area contributed by atoms with Gasteiger partial charge in [0.05, 0.1) is 30.5 Å². The van der Waals surface area contributed by atoms with Crippen LogP contribution in [0, 0.1) is 12.8 Å². The number of hydrogen-bond donors (Lipinski definition) is 4. The highest BCUT2D eigenvalue weighted by Crippen LogP contribution is 2.47. The minimum Gasteiger partial charge on any atom is -0.478 e. The molecule has 0 spiro atoms. The van der Waals surface area contributed by atoms with E-state index in [0.29, 0.717) is 54.8 Å². The van der Waals surface area contributed by atoms with E-state index >= 15 is 0 Å². The average Bonchev–Trinajstić information content (AvgIpc) is 3.71. The maximum absolute atomic E-state index is 13.3. The van der Waals surface area contributed by atoms with Gasteiger partial charge < -0.3 is 40.1 Å². The van der Waals surface area contributed by atoms with Crippen LogP contribution in [0.15, 0.2) is 24.3 Å². The molecule has 0 aliphatic carbocycles. The number of carboxylic acids is 1. The number of rotatable bonds is 13. The van der Waals surface area contributed by atoms with Crippen molar-refractivity contribution in [3.8, 4) is 5.88 Å². The number of aldehydes is 2. The molecule has 3 atom stereocenters. The number of fused-ring (bicyclic) bond motifs is 1. The standard InChI is InChI=1S/C29H36N6O7.C2HF3O2/c1-17(2)42-26(40)29(28(16-37,34-29)9-10-36)18(3)15-35-22-8-7-20(13-21(22)25(39)31-14-24(35)38)6-5-11-41-23-12-19(4)32-27(30)33-23;3-2(4,5)1(6)7/h7-8,10,12-13,16-18,34H,5-6,9,11,14-15H2,1-4H3,(H,31,39)(H2,30,32,33);(H,6,7)/t18?,28?,29-;/m0./s1. The topological polar surface area (TPSA) is 230 Å². The Morgan fingerprint density at radius 3 is 2.41 bits per heavy atom. The van der Waals surface area contributed by atoms with Crippen molar-refractivity contribution in [3.05, 3.63) is 41.1 Å². The number of esters is 1. The lowest BCUT2D eigenvalue weighted by atomic mass is 9.81. The molecule has 266 valence electrons. The number of benzene rings is 1. The zero-order valence-corrected chi connectivity index (χ0v) is 27.1. The van der Waals surface area contributed by atoms with Crippen LogP contribution in [0.2, 0.25) is 0 Å². The Morgan fingerprint density at radius 1 is 1.16 bits per heavy atom. The van der Waals surface area contributed by atoms with Crippen LogP contribution >= 0.6 is 0 Å². The fourth-order valence-corrected chi connectivity index (χ4v) is 5.48. The van der Waals surface area contributed by atoms with Crippen LogP contribution in [-0.2, 0) is 35.1 Å². The number of carbonyl (C=O) groups excluding carboxylic acids is 5. The molecule has 0 saturated carbocycles. The number of carboxylic acid groups (broad SMARTS) is 1. The van der Waals surface area contributed by atoms with Crippen LogP contribution in [0.4, 0.5) is 24.8 Å². The Bertz CT molecular complexity index is 1580. The Morgan fingerprint density at radius 2 is 1.84 bits per heavy atom. The summed E-state index contributed by atoms with van der Waals surface area (Å²) in [6, 6.07) is 6.95. The van der Waals surface area contributed by atoms with Crippen molar-refractivity contribution in [1.29, 1.82) is 0 Å². The number of nitrogens with zero attached hydrogens (tertiary/aromatic N) is 3. The number of anilines is 2. The first kappa shape index (κ1) is 38.3. The predicted octanol–water partition coefficient (Wildman–Crippen LogP) is 1.54. The van der Waals surface area contributed by atoms with E-state index in [-0.39, 0.29) is 31.4 Å². The highest BCUT2D eigenvalue weighted by molar-refractivity contribution is 6.10. The number of hydrogen-bond acceptors (Lipinski definition) is 12. The van der Waals surface area contributed by atoms with Crippen LogP contribution in [0.5, 0.6) is 5.88 Å². The van der Waals surface area contributed by atoms with Gasteiger partial charge in [-0.3, -0.25) is 14.9 Å². The van der Waals surface area contributed by atoms with Crippen molar-refractivity contribution >= 4 is 48.0 Å². The molecule has 5 N–H and O–H groups in total. The number of nitrogens with one attached hydrogen (secondary N) is 2. The SMILES string of the molecule is Cc1cc(OCCCc2ccc3c(c2)C(=O)NCC(=O)N3CC(C)[C@@]2(C(=O)OC(C)C)NC2(C=O)CC=O)nc(N)n1.O=C(O)C(F)(F)F. The summed E-state index contributed by atoms with van der Waals surface area (Å²) in [6.45, 7) is 6.98.